The number of nitrogens with one attached hydrogen (secondary N) is 1. The molecule has 1 aromatic rings. The number of aromatic amines is 1. The molecule has 0 radical (unpaired) electrons. The SMILES string of the molecule is CCCN1C[C@]23C=CC(O2)C(C(=O)N2CCC(c4ncc[nH]4)CC2)C3C1=O. The van der Waals surface area contributed by atoms with Crippen molar-refractivity contribution in [2.45, 2.75) is 43.8 Å². The van der Waals surface area contributed by atoms with E-state index < -0.39 is 5.60 Å². The molecule has 2 bridgehead atoms. The fourth-order valence-electron chi connectivity index (χ4n) is 5.40. The van der Waals surface area contributed by atoms with Crippen molar-refractivity contribution in [1.29, 1.82) is 0 Å². The molecule has 7 nitrogen and oxygen atoms in total. The lowest BCUT2D eigenvalue weighted by Crippen LogP contribution is -2.48. The Hall–Kier alpha value is -2.15. The second kappa shape index (κ2) is 6.19. The van der Waals surface area contributed by atoms with E-state index in [1.165, 1.54) is 0 Å². The van der Waals surface area contributed by atoms with Gasteiger partial charge in [-0.2, -0.15) is 0 Å². The molecule has 3 saturated heterocycles. The van der Waals surface area contributed by atoms with Gasteiger partial charge < -0.3 is 19.5 Å². The van der Waals surface area contributed by atoms with Crippen LogP contribution in [0.4, 0.5) is 0 Å². The highest BCUT2D eigenvalue weighted by molar-refractivity contribution is 5.93. The third-order valence-electron chi connectivity index (χ3n) is 6.67. The average molecular weight is 370 g/mol. The van der Waals surface area contributed by atoms with E-state index >= 15 is 0 Å². The molecule has 2 amide bonds. The molecule has 4 atom stereocenters. The lowest BCUT2D eigenvalue weighted by molar-refractivity contribution is -0.144. The summed E-state index contributed by atoms with van der Waals surface area (Å²) in [5, 5.41) is 0. The smallest absolute Gasteiger partial charge is 0.230 e. The number of carbonyl (C=O) groups is 2. The number of rotatable bonds is 4. The molecule has 7 heteroatoms. The average Bonchev–Trinajstić information content (AvgIpc) is 3.44. The van der Waals surface area contributed by atoms with Gasteiger partial charge in [0.05, 0.1) is 24.5 Å². The molecule has 0 saturated carbocycles. The van der Waals surface area contributed by atoms with Crippen molar-refractivity contribution >= 4 is 11.8 Å². The number of hydrogen-bond acceptors (Lipinski definition) is 4. The second-order valence-electron chi connectivity index (χ2n) is 8.23. The van der Waals surface area contributed by atoms with Gasteiger partial charge in [0.1, 0.15) is 11.4 Å². The summed E-state index contributed by atoms with van der Waals surface area (Å²) in [5.74, 6) is 0.834. The van der Waals surface area contributed by atoms with Crippen molar-refractivity contribution in [2.75, 3.05) is 26.2 Å². The van der Waals surface area contributed by atoms with Crippen molar-refractivity contribution in [3.8, 4) is 0 Å². The molecular weight excluding hydrogens is 344 g/mol. The van der Waals surface area contributed by atoms with Gasteiger partial charge in [0, 0.05) is 37.9 Å². The summed E-state index contributed by atoms with van der Waals surface area (Å²) in [7, 11) is 0. The maximum atomic E-state index is 13.4. The van der Waals surface area contributed by atoms with E-state index in [1.54, 1.807) is 6.20 Å². The highest BCUT2D eigenvalue weighted by Crippen LogP contribution is 2.52. The van der Waals surface area contributed by atoms with Crippen molar-refractivity contribution in [3.63, 3.8) is 0 Å². The van der Waals surface area contributed by atoms with Crippen LogP contribution in [0, 0.1) is 11.8 Å². The predicted octanol–water partition coefficient (Wildman–Crippen LogP) is 1.31. The number of H-pyrrole nitrogens is 1. The molecule has 1 aromatic heterocycles. The van der Waals surface area contributed by atoms with Gasteiger partial charge in [-0.15, -0.1) is 0 Å². The number of nitrogens with zero attached hydrogens (tertiary/aromatic N) is 3. The highest BCUT2D eigenvalue weighted by atomic mass is 16.5. The maximum absolute atomic E-state index is 13.4. The van der Waals surface area contributed by atoms with Crippen LogP contribution in [-0.4, -0.2) is 69.5 Å². The first-order valence-corrected chi connectivity index (χ1v) is 10.1. The van der Waals surface area contributed by atoms with Crippen molar-refractivity contribution in [2.24, 2.45) is 11.8 Å². The van der Waals surface area contributed by atoms with Gasteiger partial charge in [-0.25, -0.2) is 4.98 Å². The Morgan fingerprint density at radius 2 is 2.22 bits per heavy atom. The van der Waals surface area contributed by atoms with Crippen LogP contribution in [0.5, 0.6) is 0 Å². The van der Waals surface area contributed by atoms with Gasteiger partial charge in [0.25, 0.3) is 0 Å². The Morgan fingerprint density at radius 3 is 2.93 bits per heavy atom. The Labute approximate surface area is 158 Å². The Kier molecular flexibility index (Phi) is 3.89. The molecule has 5 rings (SSSR count). The molecule has 5 heterocycles. The number of likely N-dealkylation sites (tertiary alicyclic amines) is 2. The van der Waals surface area contributed by atoms with Crippen molar-refractivity contribution < 1.29 is 14.3 Å². The number of hydrogen-bond donors (Lipinski definition) is 1. The van der Waals surface area contributed by atoms with Crippen molar-refractivity contribution in [1.82, 2.24) is 19.8 Å². The summed E-state index contributed by atoms with van der Waals surface area (Å²) in [6, 6.07) is 0. The van der Waals surface area contributed by atoms with E-state index in [2.05, 4.69) is 16.9 Å². The van der Waals surface area contributed by atoms with E-state index in [-0.39, 0.29) is 29.8 Å². The van der Waals surface area contributed by atoms with E-state index in [0.29, 0.717) is 25.6 Å². The minimum Gasteiger partial charge on any atom is -0.360 e. The summed E-state index contributed by atoms with van der Waals surface area (Å²) >= 11 is 0. The van der Waals surface area contributed by atoms with Crippen LogP contribution in [0.25, 0.3) is 0 Å². The molecule has 3 unspecified atom stereocenters. The molecule has 0 aliphatic carbocycles. The van der Waals surface area contributed by atoms with Crippen LogP contribution in [0.15, 0.2) is 24.5 Å². The number of aromatic nitrogens is 2. The summed E-state index contributed by atoms with van der Waals surface area (Å²) in [5.41, 5.74) is -0.580. The first-order chi connectivity index (χ1) is 13.1. The number of carbonyl (C=O) groups excluding carboxylic acids is 2. The molecule has 4 aliphatic rings. The zero-order valence-corrected chi connectivity index (χ0v) is 15.6. The molecule has 144 valence electrons. The fraction of sp³-hybridized carbons (Fsp3) is 0.650. The van der Waals surface area contributed by atoms with Gasteiger partial charge in [-0.05, 0) is 19.3 Å². The second-order valence-corrected chi connectivity index (χ2v) is 8.23. The first-order valence-electron chi connectivity index (χ1n) is 10.1. The molecular formula is C20H26N4O3. The molecule has 3 fully saturated rings. The van der Waals surface area contributed by atoms with Crippen LogP contribution in [0.2, 0.25) is 0 Å². The Bertz CT molecular complexity index is 768. The van der Waals surface area contributed by atoms with Crippen LogP contribution < -0.4 is 0 Å². The zero-order chi connectivity index (χ0) is 18.6. The Balaban J connectivity index is 1.31. The monoisotopic (exact) mass is 370 g/mol. The minimum atomic E-state index is -0.580. The third kappa shape index (κ3) is 2.47. The molecule has 1 N–H and O–H groups in total. The van der Waals surface area contributed by atoms with Crippen LogP contribution >= 0.6 is 0 Å². The number of fused-ring (bicyclic) bond motifs is 1. The number of amides is 2. The summed E-state index contributed by atoms with van der Waals surface area (Å²) < 4.78 is 6.20. The van der Waals surface area contributed by atoms with Gasteiger partial charge in [-0.3, -0.25) is 9.59 Å². The molecule has 27 heavy (non-hydrogen) atoms. The van der Waals surface area contributed by atoms with Gasteiger partial charge in [0.2, 0.25) is 11.8 Å². The van der Waals surface area contributed by atoms with E-state index in [1.807, 2.05) is 28.1 Å². The fourth-order valence-corrected chi connectivity index (χ4v) is 5.40. The highest BCUT2D eigenvalue weighted by Gasteiger charge is 2.67. The largest absolute Gasteiger partial charge is 0.360 e. The minimum absolute atomic E-state index is 0.0841. The lowest BCUT2D eigenvalue weighted by atomic mass is 9.76. The first kappa shape index (κ1) is 17.0. The topological polar surface area (TPSA) is 78.5 Å². The summed E-state index contributed by atoms with van der Waals surface area (Å²) in [4.78, 5) is 37.7. The van der Waals surface area contributed by atoms with Gasteiger partial charge in [0.15, 0.2) is 0 Å². The standard InChI is InChI=1S/C20H26N4O3/c1-2-9-24-12-20-6-3-14(27-20)15(16(20)19(24)26)18(25)23-10-4-13(5-11-23)17-21-7-8-22-17/h3,6-8,13-16H,2,4-5,9-12H2,1H3,(H,21,22)/t14?,15?,16?,20-/m0/s1. The van der Waals surface area contributed by atoms with Crippen LogP contribution in [0.1, 0.15) is 37.9 Å². The normalized spacial score (nSPS) is 35.3. The maximum Gasteiger partial charge on any atom is 0.230 e. The summed E-state index contributed by atoms with van der Waals surface area (Å²) in [6.07, 6.45) is 10.1. The van der Waals surface area contributed by atoms with E-state index in [9.17, 15) is 9.59 Å². The molecule has 4 aliphatic heterocycles. The number of ether oxygens (including phenoxy) is 1. The third-order valence-corrected chi connectivity index (χ3v) is 6.67. The quantitative estimate of drug-likeness (QED) is 0.811. The molecule has 0 aromatic carbocycles. The predicted molar refractivity (Wildman–Crippen MR) is 97.7 cm³/mol. The lowest BCUT2D eigenvalue weighted by Gasteiger charge is -2.35. The summed E-state index contributed by atoms with van der Waals surface area (Å²) in [6.45, 7) is 4.81. The van der Waals surface area contributed by atoms with E-state index in [0.717, 1.165) is 31.6 Å². The van der Waals surface area contributed by atoms with Crippen molar-refractivity contribution in [3.05, 3.63) is 30.4 Å². The zero-order valence-electron chi connectivity index (χ0n) is 15.6. The van der Waals surface area contributed by atoms with Gasteiger partial charge >= 0.3 is 0 Å². The van der Waals surface area contributed by atoms with Gasteiger partial charge in [-0.1, -0.05) is 19.1 Å². The number of piperidine rings is 1. The van der Waals surface area contributed by atoms with E-state index in [4.69, 9.17) is 4.74 Å². The molecule has 1 spiro atoms. The Morgan fingerprint density at radius 1 is 1.41 bits per heavy atom. The van der Waals surface area contributed by atoms with Crippen LogP contribution in [-0.2, 0) is 14.3 Å². The van der Waals surface area contributed by atoms with Crippen LogP contribution in [0.3, 0.4) is 0 Å². The number of imidazole rings is 1.